The van der Waals surface area contributed by atoms with Crippen LogP contribution in [0, 0.1) is 0 Å². The second-order valence-corrected chi connectivity index (χ2v) is 2.43. The highest BCUT2D eigenvalue weighted by Crippen LogP contribution is 2.11. The van der Waals surface area contributed by atoms with E-state index in [1.807, 2.05) is 12.2 Å². The minimum atomic E-state index is -0.247. The van der Waals surface area contributed by atoms with Crippen molar-refractivity contribution in [3.05, 3.63) is 12.2 Å². The second-order valence-electron chi connectivity index (χ2n) is 2.43. The van der Waals surface area contributed by atoms with Crippen molar-refractivity contribution in [2.75, 3.05) is 0 Å². The molecule has 3 nitrogen and oxygen atoms in total. The largest absolute Gasteiger partial charge is 0.458 e. The summed E-state index contributed by atoms with van der Waals surface area (Å²) in [6.07, 6.45) is 4.31. The normalized spacial score (nSPS) is 30.6. The van der Waals surface area contributed by atoms with E-state index in [9.17, 15) is 4.79 Å². The van der Waals surface area contributed by atoms with E-state index in [2.05, 4.69) is 0 Å². The van der Waals surface area contributed by atoms with Gasteiger partial charge in [0, 0.05) is 19.4 Å². The lowest BCUT2D eigenvalue weighted by Gasteiger charge is -2.08. The Morgan fingerprint density at radius 1 is 1.70 bits per heavy atom. The van der Waals surface area contributed by atoms with E-state index in [1.165, 1.54) is 6.92 Å². The molecule has 0 aromatic rings. The standard InChI is InChI=1S/C7H11NO2/c1-5(9)10-7-3-2-6(8)4-7/h2-3,6-7H,4,8H2,1H3/t6-,7+/m0/s1. The van der Waals surface area contributed by atoms with E-state index in [-0.39, 0.29) is 18.1 Å². The van der Waals surface area contributed by atoms with Gasteiger partial charge in [0.2, 0.25) is 0 Å². The number of nitrogens with two attached hydrogens (primary N) is 1. The summed E-state index contributed by atoms with van der Waals surface area (Å²) in [6, 6.07) is 0.0596. The summed E-state index contributed by atoms with van der Waals surface area (Å²) in [5.74, 6) is -0.247. The monoisotopic (exact) mass is 141 g/mol. The van der Waals surface area contributed by atoms with Gasteiger partial charge in [-0.3, -0.25) is 4.79 Å². The molecule has 3 heteroatoms. The van der Waals surface area contributed by atoms with E-state index in [0.717, 1.165) is 6.42 Å². The van der Waals surface area contributed by atoms with Crippen LogP contribution in [0.3, 0.4) is 0 Å². The third-order valence-corrected chi connectivity index (χ3v) is 1.39. The Hall–Kier alpha value is -0.830. The number of hydrogen-bond donors (Lipinski definition) is 1. The Bertz CT molecular complexity index is 165. The van der Waals surface area contributed by atoms with Gasteiger partial charge in [0.25, 0.3) is 0 Å². The molecule has 2 atom stereocenters. The predicted octanol–water partition coefficient (Wildman–Crippen LogP) is 0.205. The van der Waals surface area contributed by atoms with Crippen molar-refractivity contribution in [1.82, 2.24) is 0 Å². The highest BCUT2D eigenvalue weighted by molar-refractivity contribution is 5.66. The third-order valence-electron chi connectivity index (χ3n) is 1.39. The van der Waals surface area contributed by atoms with Crippen molar-refractivity contribution >= 4 is 5.97 Å². The second kappa shape index (κ2) is 2.84. The van der Waals surface area contributed by atoms with Crippen LogP contribution in [0.4, 0.5) is 0 Å². The van der Waals surface area contributed by atoms with Crippen LogP contribution in [0.2, 0.25) is 0 Å². The van der Waals surface area contributed by atoms with Crippen molar-refractivity contribution in [2.24, 2.45) is 5.73 Å². The molecule has 0 heterocycles. The van der Waals surface area contributed by atoms with Gasteiger partial charge in [0.05, 0.1) is 0 Å². The Labute approximate surface area is 59.8 Å². The summed E-state index contributed by atoms with van der Waals surface area (Å²) in [4.78, 5) is 10.4. The van der Waals surface area contributed by atoms with Crippen LogP contribution >= 0.6 is 0 Å². The molecule has 1 rings (SSSR count). The highest BCUT2D eigenvalue weighted by atomic mass is 16.5. The molecule has 0 aliphatic heterocycles. The highest BCUT2D eigenvalue weighted by Gasteiger charge is 2.17. The molecule has 0 aromatic carbocycles. The van der Waals surface area contributed by atoms with Crippen molar-refractivity contribution < 1.29 is 9.53 Å². The fraction of sp³-hybridized carbons (Fsp3) is 0.571. The van der Waals surface area contributed by atoms with Crippen LogP contribution in [0.5, 0.6) is 0 Å². The predicted molar refractivity (Wildman–Crippen MR) is 37.3 cm³/mol. The Morgan fingerprint density at radius 2 is 2.40 bits per heavy atom. The molecule has 1 aliphatic carbocycles. The first-order valence-electron chi connectivity index (χ1n) is 3.29. The number of esters is 1. The zero-order valence-electron chi connectivity index (χ0n) is 5.91. The molecular weight excluding hydrogens is 130 g/mol. The summed E-state index contributed by atoms with van der Waals surface area (Å²) >= 11 is 0. The van der Waals surface area contributed by atoms with Gasteiger partial charge in [0.15, 0.2) is 0 Å². The van der Waals surface area contributed by atoms with Crippen LogP contribution in [0.15, 0.2) is 12.2 Å². The average Bonchev–Trinajstić information content (AvgIpc) is 2.13. The summed E-state index contributed by atoms with van der Waals surface area (Å²) in [7, 11) is 0. The topological polar surface area (TPSA) is 52.3 Å². The lowest BCUT2D eigenvalue weighted by Crippen LogP contribution is -2.19. The minimum Gasteiger partial charge on any atom is -0.458 e. The van der Waals surface area contributed by atoms with E-state index in [1.54, 1.807) is 0 Å². The molecule has 0 saturated heterocycles. The summed E-state index contributed by atoms with van der Waals surface area (Å²) in [6.45, 7) is 1.40. The van der Waals surface area contributed by atoms with Gasteiger partial charge in [-0.25, -0.2) is 0 Å². The maximum Gasteiger partial charge on any atom is 0.303 e. The molecule has 0 unspecified atom stereocenters. The molecule has 0 fully saturated rings. The van der Waals surface area contributed by atoms with Gasteiger partial charge < -0.3 is 10.5 Å². The molecular formula is C7H11NO2. The summed E-state index contributed by atoms with van der Waals surface area (Å²) in [5.41, 5.74) is 5.52. The van der Waals surface area contributed by atoms with Crippen LogP contribution in [-0.2, 0) is 9.53 Å². The lowest BCUT2D eigenvalue weighted by atomic mass is 10.2. The van der Waals surface area contributed by atoms with Crippen LogP contribution in [0.1, 0.15) is 13.3 Å². The number of rotatable bonds is 1. The third kappa shape index (κ3) is 1.84. The van der Waals surface area contributed by atoms with Gasteiger partial charge in [-0.2, -0.15) is 0 Å². The molecule has 10 heavy (non-hydrogen) atoms. The number of hydrogen-bond acceptors (Lipinski definition) is 3. The van der Waals surface area contributed by atoms with Crippen molar-refractivity contribution in [2.45, 2.75) is 25.5 Å². The molecule has 1 aliphatic rings. The number of carbonyl (C=O) groups excluding carboxylic acids is 1. The van der Waals surface area contributed by atoms with Crippen molar-refractivity contribution in [3.8, 4) is 0 Å². The van der Waals surface area contributed by atoms with E-state index < -0.39 is 0 Å². The Kier molecular flexibility index (Phi) is 2.06. The minimum absolute atomic E-state index is 0.0596. The molecule has 0 aromatic heterocycles. The van der Waals surface area contributed by atoms with Crippen molar-refractivity contribution in [3.63, 3.8) is 0 Å². The first kappa shape index (κ1) is 7.28. The van der Waals surface area contributed by atoms with Crippen LogP contribution in [0.25, 0.3) is 0 Å². The molecule has 0 spiro atoms. The van der Waals surface area contributed by atoms with Crippen LogP contribution in [-0.4, -0.2) is 18.1 Å². The molecule has 0 amide bonds. The maximum absolute atomic E-state index is 10.4. The van der Waals surface area contributed by atoms with E-state index in [4.69, 9.17) is 10.5 Å². The smallest absolute Gasteiger partial charge is 0.303 e. The number of carbonyl (C=O) groups is 1. The van der Waals surface area contributed by atoms with Gasteiger partial charge in [-0.15, -0.1) is 0 Å². The molecule has 0 radical (unpaired) electrons. The fourth-order valence-corrected chi connectivity index (χ4v) is 0.993. The quantitative estimate of drug-likeness (QED) is 0.419. The average molecular weight is 141 g/mol. The molecule has 0 bridgehead atoms. The SMILES string of the molecule is CC(=O)O[C@@H]1C=C[C@H](N)C1. The van der Waals surface area contributed by atoms with E-state index >= 15 is 0 Å². The van der Waals surface area contributed by atoms with E-state index in [0.29, 0.717) is 0 Å². The maximum atomic E-state index is 10.4. The molecule has 2 N–H and O–H groups in total. The first-order valence-corrected chi connectivity index (χ1v) is 3.29. The van der Waals surface area contributed by atoms with Crippen molar-refractivity contribution in [1.29, 1.82) is 0 Å². The summed E-state index contributed by atoms with van der Waals surface area (Å²) in [5, 5.41) is 0. The summed E-state index contributed by atoms with van der Waals surface area (Å²) < 4.78 is 4.88. The Balaban J connectivity index is 2.33. The zero-order chi connectivity index (χ0) is 7.56. The Morgan fingerprint density at radius 3 is 2.80 bits per heavy atom. The van der Waals surface area contributed by atoms with Crippen LogP contribution < -0.4 is 5.73 Å². The van der Waals surface area contributed by atoms with Gasteiger partial charge in [0.1, 0.15) is 6.10 Å². The first-order chi connectivity index (χ1) is 4.68. The zero-order valence-corrected chi connectivity index (χ0v) is 5.91. The van der Waals surface area contributed by atoms with Gasteiger partial charge in [-0.05, 0) is 6.08 Å². The molecule has 56 valence electrons. The lowest BCUT2D eigenvalue weighted by molar-refractivity contribution is -0.144. The molecule has 0 saturated carbocycles. The van der Waals surface area contributed by atoms with Gasteiger partial charge >= 0.3 is 5.97 Å². The van der Waals surface area contributed by atoms with Gasteiger partial charge in [-0.1, -0.05) is 6.08 Å². The fourth-order valence-electron chi connectivity index (χ4n) is 0.993. The number of ether oxygens (including phenoxy) is 1.